The van der Waals surface area contributed by atoms with Gasteiger partial charge in [0.1, 0.15) is 0 Å². The van der Waals surface area contributed by atoms with Crippen molar-refractivity contribution in [3.63, 3.8) is 0 Å². The Morgan fingerprint density at radius 2 is 2.09 bits per heavy atom. The molecule has 2 aliphatic rings. The van der Waals surface area contributed by atoms with Gasteiger partial charge in [-0.1, -0.05) is 0 Å². The largest absolute Gasteiger partial charge is 1.00 e. The van der Waals surface area contributed by atoms with Crippen LogP contribution in [0.4, 0.5) is 0 Å². The van der Waals surface area contributed by atoms with Crippen LogP contribution in [-0.2, 0) is 0 Å². The summed E-state index contributed by atoms with van der Waals surface area (Å²) >= 11 is 0. The maximum Gasteiger partial charge on any atom is 0.0893 e. The highest BCUT2D eigenvalue weighted by Crippen LogP contribution is 2.41. The third-order valence-corrected chi connectivity index (χ3v) is 3.79. The Kier molecular flexibility index (Phi) is 2.85. The molecule has 1 saturated carbocycles. The summed E-state index contributed by atoms with van der Waals surface area (Å²) in [5.41, 5.74) is 0. The first-order chi connectivity index (χ1) is 4.74. The predicted molar refractivity (Wildman–Crippen MR) is 42.7 cm³/mol. The molecule has 1 aliphatic carbocycles. The molecule has 1 saturated heterocycles. The molecule has 0 aromatic rings. The van der Waals surface area contributed by atoms with Gasteiger partial charge < -0.3 is 28.5 Å². The van der Waals surface area contributed by atoms with Crippen molar-refractivity contribution in [2.45, 2.75) is 32.2 Å². The number of quaternary nitrogens is 1. The fraction of sp³-hybridized carbons (Fsp3) is 1.00. The van der Waals surface area contributed by atoms with E-state index < -0.39 is 0 Å². The van der Waals surface area contributed by atoms with Gasteiger partial charge in [-0.15, -0.1) is 0 Å². The van der Waals surface area contributed by atoms with E-state index in [4.69, 9.17) is 0 Å². The van der Waals surface area contributed by atoms with Gasteiger partial charge in [-0.25, -0.2) is 0 Å². The first kappa shape index (κ1) is 9.78. The highest BCUT2D eigenvalue weighted by Gasteiger charge is 2.47. The summed E-state index contributed by atoms with van der Waals surface area (Å²) in [5.74, 6) is 1.09. The van der Waals surface area contributed by atoms with Crippen LogP contribution in [0.5, 0.6) is 0 Å². The van der Waals surface area contributed by atoms with Crippen molar-refractivity contribution in [2.24, 2.45) is 5.92 Å². The highest BCUT2D eigenvalue weighted by atomic mass is 127. The van der Waals surface area contributed by atoms with Crippen LogP contribution in [0.1, 0.15) is 26.2 Å². The SMILES string of the molecule is CC[N@+]1(C)C[C@H]2CC[C@@H]1C2.[I-]. The molecule has 0 aromatic carbocycles. The monoisotopic (exact) mass is 267 g/mol. The molecule has 2 fully saturated rings. The predicted octanol–water partition coefficient (Wildman–Crippen LogP) is -1.36. The summed E-state index contributed by atoms with van der Waals surface area (Å²) in [6.45, 7) is 5.16. The molecule has 0 spiro atoms. The van der Waals surface area contributed by atoms with E-state index in [1.807, 2.05) is 0 Å². The van der Waals surface area contributed by atoms with Crippen molar-refractivity contribution in [1.82, 2.24) is 0 Å². The summed E-state index contributed by atoms with van der Waals surface area (Å²) in [7, 11) is 2.43. The molecule has 0 amide bonds. The third-order valence-electron chi connectivity index (χ3n) is 3.79. The lowest BCUT2D eigenvalue weighted by atomic mass is 10.1. The number of fused-ring (bicyclic) bond motifs is 2. The van der Waals surface area contributed by atoms with Crippen molar-refractivity contribution in [3.05, 3.63) is 0 Å². The number of piperidine rings is 1. The molecule has 0 aromatic heterocycles. The molecule has 2 rings (SSSR count). The van der Waals surface area contributed by atoms with Gasteiger partial charge in [0, 0.05) is 12.3 Å². The summed E-state index contributed by atoms with van der Waals surface area (Å²) in [4.78, 5) is 0. The first-order valence-electron chi connectivity index (χ1n) is 4.59. The molecule has 3 atom stereocenters. The van der Waals surface area contributed by atoms with Crippen LogP contribution in [-0.4, -0.2) is 30.7 Å². The molecular formula is C9H18IN. The highest BCUT2D eigenvalue weighted by molar-refractivity contribution is 4.82. The van der Waals surface area contributed by atoms with Crippen LogP contribution in [0.3, 0.4) is 0 Å². The minimum Gasteiger partial charge on any atom is -1.00 e. The molecule has 0 unspecified atom stereocenters. The molecule has 1 heterocycles. The quantitative estimate of drug-likeness (QED) is 0.407. The van der Waals surface area contributed by atoms with E-state index in [0.717, 1.165) is 12.0 Å². The molecule has 66 valence electrons. The average Bonchev–Trinajstić information content (AvgIpc) is 2.46. The number of nitrogens with zero attached hydrogens (tertiary/aromatic N) is 1. The molecular weight excluding hydrogens is 249 g/mol. The van der Waals surface area contributed by atoms with E-state index in [1.165, 1.54) is 36.8 Å². The lowest BCUT2D eigenvalue weighted by molar-refractivity contribution is -0.924. The van der Waals surface area contributed by atoms with E-state index in [-0.39, 0.29) is 24.0 Å². The Labute approximate surface area is 86.8 Å². The minimum absolute atomic E-state index is 0. The normalized spacial score (nSPS) is 47.5. The lowest BCUT2D eigenvalue weighted by Crippen LogP contribution is -3.00. The fourth-order valence-electron chi connectivity index (χ4n) is 2.91. The van der Waals surface area contributed by atoms with Gasteiger partial charge in [0.05, 0.1) is 26.2 Å². The van der Waals surface area contributed by atoms with Crippen LogP contribution >= 0.6 is 0 Å². The Balaban J connectivity index is 0.000000605. The summed E-state index contributed by atoms with van der Waals surface area (Å²) in [6.07, 6.45) is 4.57. The Morgan fingerprint density at radius 1 is 1.36 bits per heavy atom. The van der Waals surface area contributed by atoms with Crippen molar-refractivity contribution >= 4 is 0 Å². The molecule has 11 heavy (non-hydrogen) atoms. The molecule has 0 radical (unpaired) electrons. The first-order valence-corrected chi connectivity index (χ1v) is 4.59. The van der Waals surface area contributed by atoms with Crippen molar-refractivity contribution in [3.8, 4) is 0 Å². The molecule has 1 nitrogen and oxygen atoms in total. The van der Waals surface area contributed by atoms with Gasteiger partial charge in [-0.3, -0.25) is 0 Å². The van der Waals surface area contributed by atoms with Crippen molar-refractivity contribution in [1.29, 1.82) is 0 Å². The van der Waals surface area contributed by atoms with Crippen LogP contribution in [0.2, 0.25) is 0 Å². The van der Waals surface area contributed by atoms with Crippen LogP contribution in [0.15, 0.2) is 0 Å². The lowest BCUT2D eigenvalue weighted by Gasteiger charge is -2.37. The van der Waals surface area contributed by atoms with Gasteiger partial charge in [0.2, 0.25) is 0 Å². The minimum atomic E-state index is 0. The van der Waals surface area contributed by atoms with Crippen molar-refractivity contribution < 1.29 is 28.5 Å². The molecule has 2 bridgehead atoms. The van der Waals surface area contributed by atoms with E-state index >= 15 is 0 Å². The molecule has 1 aliphatic heterocycles. The van der Waals surface area contributed by atoms with E-state index in [1.54, 1.807) is 0 Å². The van der Waals surface area contributed by atoms with Gasteiger partial charge in [0.15, 0.2) is 0 Å². The Bertz CT molecular complexity index is 148. The Morgan fingerprint density at radius 3 is 2.36 bits per heavy atom. The van der Waals surface area contributed by atoms with Gasteiger partial charge in [-0.05, 0) is 19.8 Å². The van der Waals surface area contributed by atoms with Gasteiger partial charge in [0.25, 0.3) is 0 Å². The van der Waals surface area contributed by atoms with Crippen molar-refractivity contribution in [2.75, 3.05) is 20.1 Å². The zero-order valence-electron chi connectivity index (χ0n) is 7.52. The number of halogens is 1. The summed E-state index contributed by atoms with van der Waals surface area (Å²) in [6, 6.07) is 1.04. The second-order valence-corrected chi connectivity index (χ2v) is 4.31. The maximum atomic E-state index is 2.43. The van der Waals surface area contributed by atoms with Gasteiger partial charge >= 0.3 is 0 Å². The topological polar surface area (TPSA) is 0 Å². The van der Waals surface area contributed by atoms with E-state index in [9.17, 15) is 0 Å². The second-order valence-electron chi connectivity index (χ2n) is 4.31. The summed E-state index contributed by atoms with van der Waals surface area (Å²) < 4.78 is 1.38. The van der Waals surface area contributed by atoms with E-state index in [0.29, 0.717) is 0 Å². The number of rotatable bonds is 1. The zero-order valence-corrected chi connectivity index (χ0v) is 9.67. The van der Waals surface area contributed by atoms with E-state index in [2.05, 4.69) is 14.0 Å². The third kappa shape index (κ3) is 1.44. The van der Waals surface area contributed by atoms with Crippen LogP contribution < -0.4 is 24.0 Å². The number of likely N-dealkylation sites (tertiary alicyclic amines) is 1. The number of hydrogen-bond acceptors (Lipinski definition) is 0. The Hall–Kier alpha value is 0.690. The fourth-order valence-corrected chi connectivity index (χ4v) is 2.91. The van der Waals surface area contributed by atoms with Crippen LogP contribution in [0.25, 0.3) is 0 Å². The summed E-state index contributed by atoms with van der Waals surface area (Å²) in [5, 5.41) is 0. The smallest absolute Gasteiger partial charge is 0.0893 e. The van der Waals surface area contributed by atoms with Crippen LogP contribution in [0, 0.1) is 5.92 Å². The molecule has 2 heteroatoms. The number of hydrogen-bond donors (Lipinski definition) is 0. The maximum absolute atomic E-state index is 2.43. The second kappa shape index (κ2) is 3.21. The van der Waals surface area contributed by atoms with Gasteiger partial charge in [-0.2, -0.15) is 0 Å². The zero-order chi connectivity index (χ0) is 7.19. The average molecular weight is 267 g/mol. The standard InChI is InChI=1S/C9H18N.HI/c1-3-10(2)7-8-4-5-9(10)6-8;/h8-9H,3-7H2,1-2H3;1H/q+1;/p-1/t8-,9+,10+;/m0./s1. The molecule has 0 N–H and O–H groups in total.